The maximum absolute atomic E-state index is 13.3. The van der Waals surface area contributed by atoms with E-state index in [9.17, 15) is 13.6 Å². The number of hydrogen-bond acceptors (Lipinski definition) is 2. The van der Waals surface area contributed by atoms with Crippen molar-refractivity contribution >= 4 is 21.8 Å². The Morgan fingerprint density at radius 1 is 1.44 bits per heavy atom. The van der Waals surface area contributed by atoms with Crippen molar-refractivity contribution in [1.82, 2.24) is 5.32 Å². The molecule has 0 bridgehead atoms. The van der Waals surface area contributed by atoms with Gasteiger partial charge in [0.25, 0.3) is 5.91 Å². The third-order valence-electron chi connectivity index (χ3n) is 2.28. The van der Waals surface area contributed by atoms with Crippen LogP contribution in [0.1, 0.15) is 16.8 Å². The highest BCUT2D eigenvalue weighted by molar-refractivity contribution is 9.09. The molecule has 0 aliphatic heterocycles. The summed E-state index contributed by atoms with van der Waals surface area (Å²) in [6.45, 7) is 0.815. The molecule has 18 heavy (non-hydrogen) atoms. The van der Waals surface area contributed by atoms with E-state index in [1.165, 1.54) is 6.07 Å². The Labute approximate surface area is 113 Å². The zero-order valence-corrected chi connectivity index (χ0v) is 11.5. The van der Waals surface area contributed by atoms with Gasteiger partial charge < -0.3 is 10.1 Å². The fraction of sp³-hybridized carbons (Fsp3) is 0.417. The number of alkyl halides is 1. The van der Waals surface area contributed by atoms with E-state index in [4.69, 9.17) is 4.74 Å². The van der Waals surface area contributed by atoms with Crippen LogP contribution in [0.2, 0.25) is 0 Å². The number of nitrogens with one attached hydrogen (secondary N) is 1. The fourth-order valence-corrected chi connectivity index (χ4v) is 1.90. The first-order valence-electron chi connectivity index (χ1n) is 5.41. The molecule has 1 atom stereocenters. The van der Waals surface area contributed by atoms with E-state index in [1.54, 1.807) is 7.11 Å². The molecule has 3 nitrogen and oxygen atoms in total. The summed E-state index contributed by atoms with van der Waals surface area (Å²) in [5, 5.41) is 2.47. The van der Waals surface area contributed by atoms with Crippen molar-refractivity contribution in [3.8, 4) is 0 Å². The number of methoxy groups -OCH3 is 1. The van der Waals surface area contributed by atoms with E-state index in [1.807, 2.05) is 0 Å². The van der Waals surface area contributed by atoms with Gasteiger partial charge in [-0.25, -0.2) is 8.78 Å². The average molecular weight is 322 g/mol. The number of benzene rings is 1. The van der Waals surface area contributed by atoms with E-state index >= 15 is 0 Å². The van der Waals surface area contributed by atoms with Crippen molar-refractivity contribution in [2.75, 3.05) is 20.3 Å². The molecule has 100 valence electrons. The summed E-state index contributed by atoms with van der Waals surface area (Å²) in [5.41, 5.74) is -0.546. The average Bonchev–Trinajstić information content (AvgIpc) is 2.29. The SMILES string of the molecule is COCC(Br)CCNC(=O)c1c(F)cccc1F. The predicted molar refractivity (Wildman–Crippen MR) is 67.9 cm³/mol. The van der Waals surface area contributed by atoms with Crippen LogP contribution in [0.4, 0.5) is 8.78 Å². The van der Waals surface area contributed by atoms with Gasteiger partial charge in [-0.2, -0.15) is 0 Å². The molecule has 1 aromatic carbocycles. The number of halogens is 3. The molecule has 0 spiro atoms. The van der Waals surface area contributed by atoms with Gasteiger partial charge in [0, 0.05) is 18.5 Å². The van der Waals surface area contributed by atoms with Gasteiger partial charge in [-0.15, -0.1) is 0 Å². The molecule has 0 aliphatic rings. The lowest BCUT2D eigenvalue weighted by Gasteiger charge is -2.10. The first kappa shape index (κ1) is 15.0. The van der Waals surface area contributed by atoms with Crippen molar-refractivity contribution < 1.29 is 18.3 Å². The lowest BCUT2D eigenvalue weighted by Crippen LogP contribution is -2.28. The molecule has 1 N–H and O–H groups in total. The smallest absolute Gasteiger partial charge is 0.257 e. The molecule has 0 saturated heterocycles. The van der Waals surface area contributed by atoms with Crippen LogP contribution >= 0.6 is 15.9 Å². The Kier molecular flexibility index (Phi) is 6.21. The zero-order valence-electron chi connectivity index (χ0n) is 9.88. The molecule has 1 aromatic rings. The zero-order chi connectivity index (χ0) is 13.5. The molecule has 1 rings (SSSR count). The van der Waals surface area contributed by atoms with E-state index in [0.29, 0.717) is 19.6 Å². The Bertz CT molecular complexity index is 395. The summed E-state index contributed by atoms with van der Waals surface area (Å²) in [5.74, 6) is -2.47. The maximum Gasteiger partial charge on any atom is 0.257 e. The van der Waals surface area contributed by atoms with E-state index in [2.05, 4.69) is 21.2 Å². The van der Waals surface area contributed by atoms with Gasteiger partial charge in [0.05, 0.1) is 6.61 Å². The number of carbonyl (C=O) groups excluding carboxylic acids is 1. The molecule has 0 saturated carbocycles. The van der Waals surface area contributed by atoms with Crippen LogP contribution in [0.25, 0.3) is 0 Å². The van der Waals surface area contributed by atoms with Gasteiger partial charge >= 0.3 is 0 Å². The molecular weight excluding hydrogens is 308 g/mol. The summed E-state index contributed by atoms with van der Waals surface area (Å²) < 4.78 is 31.5. The highest BCUT2D eigenvalue weighted by atomic mass is 79.9. The summed E-state index contributed by atoms with van der Waals surface area (Å²) in [4.78, 5) is 11.7. The number of ether oxygens (including phenoxy) is 1. The number of amides is 1. The van der Waals surface area contributed by atoms with Crippen LogP contribution in [0.3, 0.4) is 0 Å². The van der Waals surface area contributed by atoms with Crippen LogP contribution in [-0.4, -0.2) is 31.0 Å². The highest BCUT2D eigenvalue weighted by Crippen LogP contribution is 2.12. The second kappa shape index (κ2) is 7.43. The minimum absolute atomic E-state index is 0.0910. The third-order valence-corrected chi connectivity index (χ3v) is 3.00. The summed E-state index contributed by atoms with van der Waals surface area (Å²) in [6.07, 6.45) is 0.607. The van der Waals surface area contributed by atoms with Crippen LogP contribution < -0.4 is 5.32 Å². The molecule has 0 fully saturated rings. The monoisotopic (exact) mass is 321 g/mol. The molecule has 0 aromatic heterocycles. The van der Waals surface area contributed by atoms with Crippen molar-refractivity contribution in [2.45, 2.75) is 11.2 Å². The molecule has 1 unspecified atom stereocenters. The number of carbonyl (C=O) groups is 1. The Balaban J connectivity index is 2.51. The van der Waals surface area contributed by atoms with E-state index < -0.39 is 23.1 Å². The number of rotatable bonds is 6. The van der Waals surface area contributed by atoms with Crippen molar-refractivity contribution in [3.63, 3.8) is 0 Å². The van der Waals surface area contributed by atoms with Gasteiger partial charge in [-0.05, 0) is 18.6 Å². The van der Waals surface area contributed by atoms with Gasteiger partial charge in [0.2, 0.25) is 0 Å². The molecular formula is C12H14BrF2NO2. The van der Waals surface area contributed by atoms with Crippen molar-refractivity contribution in [1.29, 1.82) is 0 Å². The Hall–Kier alpha value is -1.01. The maximum atomic E-state index is 13.3. The van der Waals surface area contributed by atoms with Crippen LogP contribution in [-0.2, 0) is 4.74 Å². The topological polar surface area (TPSA) is 38.3 Å². The van der Waals surface area contributed by atoms with Crippen LogP contribution in [0.15, 0.2) is 18.2 Å². The summed E-state index contributed by atoms with van der Waals surface area (Å²) >= 11 is 3.35. The first-order valence-corrected chi connectivity index (χ1v) is 6.33. The van der Waals surface area contributed by atoms with Gasteiger partial charge in [-0.1, -0.05) is 22.0 Å². The van der Waals surface area contributed by atoms with Crippen molar-refractivity contribution in [3.05, 3.63) is 35.4 Å². The second-order valence-electron chi connectivity index (χ2n) is 3.69. The van der Waals surface area contributed by atoms with Crippen molar-refractivity contribution in [2.24, 2.45) is 0 Å². The lowest BCUT2D eigenvalue weighted by atomic mass is 10.2. The minimum atomic E-state index is -0.861. The van der Waals surface area contributed by atoms with E-state index in [-0.39, 0.29) is 4.83 Å². The first-order chi connectivity index (χ1) is 8.56. The van der Waals surface area contributed by atoms with Gasteiger partial charge in [0.1, 0.15) is 17.2 Å². The predicted octanol–water partition coefficient (Wildman–Crippen LogP) is 2.49. The van der Waals surface area contributed by atoms with Gasteiger partial charge in [0.15, 0.2) is 0 Å². The largest absolute Gasteiger partial charge is 0.384 e. The standard InChI is InChI=1S/C12H14BrF2NO2/c1-18-7-8(13)5-6-16-12(17)11-9(14)3-2-4-10(11)15/h2-4,8H,5-7H2,1H3,(H,16,17). The minimum Gasteiger partial charge on any atom is -0.384 e. The normalized spacial score (nSPS) is 12.2. The third kappa shape index (κ3) is 4.34. The molecule has 0 heterocycles. The second-order valence-corrected chi connectivity index (χ2v) is 4.99. The molecule has 0 radical (unpaired) electrons. The number of hydrogen-bond donors (Lipinski definition) is 1. The Morgan fingerprint density at radius 3 is 2.61 bits per heavy atom. The summed E-state index contributed by atoms with van der Waals surface area (Å²) in [6, 6.07) is 3.32. The fourth-order valence-electron chi connectivity index (χ4n) is 1.41. The quantitative estimate of drug-likeness (QED) is 0.817. The molecule has 0 aliphatic carbocycles. The lowest BCUT2D eigenvalue weighted by molar-refractivity contribution is 0.0943. The molecule has 6 heteroatoms. The highest BCUT2D eigenvalue weighted by Gasteiger charge is 2.16. The summed E-state index contributed by atoms with van der Waals surface area (Å²) in [7, 11) is 1.57. The van der Waals surface area contributed by atoms with E-state index in [0.717, 1.165) is 12.1 Å². The Morgan fingerprint density at radius 2 is 2.06 bits per heavy atom. The van der Waals surface area contributed by atoms with Crippen LogP contribution in [0, 0.1) is 11.6 Å². The van der Waals surface area contributed by atoms with Crippen LogP contribution in [0.5, 0.6) is 0 Å². The van der Waals surface area contributed by atoms with Gasteiger partial charge in [-0.3, -0.25) is 4.79 Å². The molecule has 1 amide bonds.